The summed E-state index contributed by atoms with van der Waals surface area (Å²) < 4.78 is 12.8. The molecule has 0 saturated heterocycles. The summed E-state index contributed by atoms with van der Waals surface area (Å²) in [5.41, 5.74) is 0. The predicted octanol–water partition coefficient (Wildman–Crippen LogP) is -3.27. The minimum absolute atomic E-state index is 0. The van der Waals surface area contributed by atoms with Crippen molar-refractivity contribution in [2.24, 2.45) is 0 Å². The molecule has 0 saturated carbocycles. The van der Waals surface area contributed by atoms with Crippen LogP contribution in [0.25, 0.3) is 0 Å². The van der Waals surface area contributed by atoms with E-state index in [1.807, 2.05) is 0 Å². The quantitative estimate of drug-likeness (QED) is 0.339. The van der Waals surface area contributed by atoms with Crippen LogP contribution in [-0.4, -0.2) is 56.0 Å². The third-order valence-electron chi connectivity index (χ3n) is 0.224. The topological polar surface area (TPSA) is 72.4 Å². The van der Waals surface area contributed by atoms with E-state index in [2.05, 4.69) is 4.21 Å². The van der Waals surface area contributed by atoms with E-state index in [0.29, 0.717) is 0 Å². The predicted molar refractivity (Wildman–Crippen MR) is 24.4 cm³/mol. The maximum absolute atomic E-state index is 9.28. The van der Waals surface area contributed by atoms with Gasteiger partial charge in [0.05, 0.1) is 0 Å². The van der Waals surface area contributed by atoms with Crippen LogP contribution in [0.1, 0.15) is 0 Å². The fourth-order valence-corrected chi connectivity index (χ4v) is 0. The molecule has 0 rings (SSSR count). The fraction of sp³-hybridized carbons (Fsp3) is 0. The fourth-order valence-electron chi connectivity index (χ4n) is 0. The van der Waals surface area contributed by atoms with Gasteiger partial charge in [-0.3, -0.25) is 0 Å². The van der Waals surface area contributed by atoms with E-state index in [-0.39, 0.29) is 56.0 Å². The monoisotopic (exact) mass is 214 g/mol. The van der Waals surface area contributed by atoms with Crippen molar-refractivity contribution in [2.45, 2.75) is 0 Å². The van der Waals surface area contributed by atoms with Crippen molar-refractivity contribution in [1.29, 1.82) is 0 Å². The van der Waals surface area contributed by atoms with Crippen LogP contribution in [0.2, 0.25) is 0 Å². The van der Waals surface area contributed by atoms with Gasteiger partial charge in [0.25, 0.3) is 0 Å². The molecule has 7 heteroatoms. The van der Waals surface area contributed by atoms with Crippen LogP contribution in [0.4, 0.5) is 0 Å². The van der Waals surface area contributed by atoms with Crippen LogP contribution in [0.5, 0.6) is 0 Å². The zero-order valence-corrected chi connectivity index (χ0v) is 10.2. The smallest absolute Gasteiger partial charge is 0.791 e. The molecular weight excluding hydrogens is 211 g/mol. The van der Waals surface area contributed by atoms with Crippen molar-refractivity contribution in [2.75, 3.05) is 0 Å². The molecule has 0 aromatic carbocycles. The second-order valence-electron chi connectivity index (χ2n) is 0.630. The van der Waals surface area contributed by atoms with Crippen LogP contribution in [-0.2, 0) is 8.78 Å². The molecular formula is H3O4PSiSr. The molecule has 0 heterocycles. The van der Waals surface area contributed by atoms with Gasteiger partial charge >= 0.3 is 45.5 Å². The van der Waals surface area contributed by atoms with Crippen molar-refractivity contribution in [1.82, 2.24) is 0 Å². The summed E-state index contributed by atoms with van der Waals surface area (Å²) in [5, 5.41) is 0. The minimum atomic E-state index is -4.58. The zero-order valence-electron chi connectivity index (χ0n) is 3.79. The van der Waals surface area contributed by atoms with E-state index < -0.39 is 7.82 Å². The van der Waals surface area contributed by atoms with Gasteiger partial charge in [0, 0.05) is 7.82 Å². The molecule has 0 aliphatic heterocycles. The van der Waals surface area contributed by atoms with Gasteiger partial charge in [-0.2, -0.15) is 0 Å². The Labute approximate surface area is 81.3 Å². The standard InChI is InChI=1S/H5O4PSi.Sr/c1-5(2,3)4-6;/h6H3,(H2,1,2,3);/q;+2/p-2. The molecule has 0 bridgehead atoms. The summed E-state index contributed by atoms with van der Waals surface area (Å²) in [7, 11) is -4.62. The van der Waals surface area contributed by atoms with E-state index in [0.717, 1.165) is 0 Å². The first-order valence-corrected chi connectivity index (χ1v) is 3.42. The van der Waals surface area contributed by atoms with Gasteiger partial charge in [-0.25, -0.2) is 0 Å². The molecule has 0 atom stereocenters. The molecule has 4 nitrogen and oxygen atoms in total. The summed E-state index contributed by atoms with van der Waals surface area (Å²) in [6, 6.07) is 0. The third-order valence-corrected chi connectivity index (χ3v) is 2.01. The Morgan fingerprint density at radius 2 is 1.71 bits per heavy atom. The van der Waals surface area contributed by atoms with Crippen molar-refractivity contribution in [3.8, 4) is 0 Å². The number of rotatable bonds is 1. The molecule has 0 aliphatic carbocycles. The molecule has 0 aliphatic rings. The van der Waals surface area contributed by atoms with E-state index in [9.17, 15) is 14.4 Å². The second-order valence-corrected chi connectivity index (χ2v) is 2.98. The Morgan fingerprint density at radius 1 is 1.57 bits per heavy atom. The van der Waals surface area contributed by atoms with Gasteiger partial charge in [-0.1, -0.05) is 0 Å². The molecule has 0 aromatic rings. The van der Waals surface area contributed by atoms with Crippen LogP contribution in [0, 0.1) is 0 Å². The Bertz CT molecular complexity index is 75.8. The SMILES string of the molecule is O=P([O-])([O-])O[SiH3].[Sr+2]. The first kappa shape index (κ1) is 11.6. The summed E-state index contributed by atoms with van der Waals surface area (Å²) in [4.78, 5) is 18.6. The molecule has 7 heavy (non-hydrogen) atoms. The van der Waals surface area contributed by atoms with Gasteiger partial charge < -0.3 is 18.6 Å². The van der Waals surface area contributed by atoms with Crippen molar-refractivity contribution < 1.29 is 18.6 Å². The van der Waals surface area contributed by atoms with Crippen molar-refractivity contribution in [3.63, 3.8) is 0 Å². The first-order chi connectivity index (χ1) is 2.56. The van der Waals surface area contributed by atoms with Gasteiger partial charge in [0.2, 0.25) is 0 Å². The van der Waals surface area contributed by atoms with E-state index in [4.69, 9.17) is 0 Å². The van der Waals surface area contributed by atoms with Gasteiger partial charge in [0.1, 0.15) is 0 Å². The molecule has 0 radical (unpaired) electrons. The average Bonchev–Trinajstić information content (AvgIpc) is 1.35. The second kappa shape index (κ2) is 4.66. The Morgan fingerprint density at radius 3 is 1.71 bits per heavy atom. The number of phosphoric acid groups is 1. The Kier molecular flexibility index (Phi) is 7.72. The van der Waals surface area contributed by atoms with Crippen LogP contribution >= 0.6 is 7.82 Å². The van der Waals surface area contributed by atoms with Gasteiger partial charge in [-0.05, 0) is 0 Å². The maximum Gasteiger partial charge on any atom is 2.00 e. The summed E-state index contributed by atoms with van der Waals surface area (Å²) in [6.45, 7) is 0. The van der Waals surface area contributed by atoms with Crippen LogP contribution in [0.15, 0.2) is 0 Å². The summed E-state index contributed by atoms with van der Waals surface area (Å²) >= 11 is 0. The number of hydrogen-bond donors (Lipinski definition) is 0. The summed E-state index contributed by atoms with van der Waals surface area (Å²) in [6.07, 6.45) is 0. The third kappa shape index (κ3) is 11.4. The Hall–Kier alpha value is 1.81. The van der Waals surface area contributed by atoms with E-state index in [1.165, 1.54) is 0 Å². The van der Waals surface area contributed by atoms with E-state index >= 15 is 0 Å². The summed E-state index contributed by atoms with van der Waals surface area (Å²) in [5.74, 6) is 0. The van der Waals surface area contributed by atoms with Gasteiger partial charge in [0.15, 0.2) is 10.5 Å². The number of hydrogen-bond acceptors (Lipinski definition) is 4. The molecule has 0 amide bonds. The first-order valence-electron chi connectivity index (χ1n) is 1.14. The zero-order chi connectivity index (χ0) is 5.21. The normalized spacial score (nSPS) is 10.6. The molecule has 0 fully saturated rings. The molecule has 0 spiro atoms. The molecule has 0 unspecified atom stereocenters. The maximum atomic E-state index is 9.28. The largest absolute Gasteiger partial charge is 2.00 e. The van der Waals surface area contributed by atoms with Gasteiger partial charge in [-0.15, -0.1) is 0 Å². The molecule has 38 valence electrons. The van der Waals surface area contributed by atoms with Crippen molar-refractivity contribution >= 4 is 63.8 Å². The average molecular weight is 214 g/mol. The van der Waals surface area contributed by atoms with Crippen LogP contribution in [0.3, 0.4) is 0 Å². The van der Waals surface area contributed by atoms with Crippen LogP contribution < -0.4 is 9.79 Å². The Balaban J connectivity index is 0. The minimum Gasteiger partial charge on any atom is -0.791 e. The molecule has 0 N–H and O–H groups in total. The molecule has 0 aromatic heterocycles. The van der Waals surface area contributed by atoms with Crippen molar-refractivity contribution in [3.05, 3.63) is 0 Å². The van der Waals surface area contributed by atoms with E-state index in [1.54, 1.807) is 0 Å².